The molecule has 2 heterocycles. The number of aromatic nitrogens is 4. The largest absolute Gasteiger partial charge is 0.344 e. The van der Waals surface area contributed by atoms with Crippen LogP contribution in [0, 0.1) is 5.92 Å². The summed E-state index contributed by atoms with van der Waals surface area (Å²) < 4.78 is 2.43. The van der Waals surface area contributed by atoms with Crippen LogP contribution in [0.15, 0.2) is 194 Å². The monoisotopic (exact) mass is 747 g/mol. The van der Waals surface area contributed by atoms with Crippen molar-refractivity contribution >= 4 is 38.9 Å². The summed E-state index contributed by atoms with van der Waals surface area (Å²) in [5, 5.41) is 2.55. The summed E-state index contributed by atoms with van der Waals surface area (Å²) in [4.78, 5) is 17.1. The molecule has 0 bridgehead atoms. The number of allylic oxidation sites excluding steroid dienone is 4. The highest BCUT2D eigenvalue weighted by Gasteiger charge is 2.19. The molecule has 58 heavy (non-hydrogen) atoms. The van der Waals surface area contributed by atoms with E-state index in [2.05, 4.69) is 157 Å². The van der Waals surface area contributed by atoms with E-state index in [1.54, 1.807) is 0 Å². The Bertz CT molecular complexity index is 2940. The molecule has 0 N–H and O–H groups in total. The zero-order chi connectivity index (χ0) is 39.0. The predicted molar refractivity (Wildman–Crippen MR) is 242 cm³/mol. The van der Waals surface area contributed by atoms with Crippen molar-refractivity contribution in [1.82, 2.24) is 19.5 Å². The number of fused-ring (bicyclic) bond motifs is 3. The minimum absolute atomic E-state index is 0.560. The first-order chi connectivity index (χ1) is 28.6. The lowest BCUT2D eigenvalue weighted by molar-refractivity contribution is 0.735. The van der Waals surface area contributed by atoms with Crippen LogP contribution in [0.2, 0.25) is 0 Å². The van der Waals surface area contributed by atoms with Crippen molar-refractivity contribution in [2.75, 3.05) is 11.9 Å². The molecule has 9 aromatic rings. The van der Waals surface area contributed by atoms with Crippen molar-refractivity contribution in [2.24, 2.45) is 5.92 Å². The van der Waals surface area contributed by atoms with Crippen molar-refractivity contribution in [2.45, 2.75) is 13.3 Å². The maximum Gasteiger partial charge on any atom is 0.164 e. The Labute approximate surface area is 339 Å². The first kappa shape index (κ1) is 35.1. The van der Waals surface area contributed by atoms with Gasteiger partial charge in [0.05, 0.1) is 11.0 Å². The molecule has 1 unspecified atom stereocenters. The smallest absolute Gasteiger partial charge is 0.164 e. The van der Waals surface area contributed by atoms with Crippen LogP contribution < -0.4 is 4.90 Å². The minimum Gasteiger partial charge on any atom is -0.344 e. The number of hydrogen-bond donors (Lipinski definition) is 0. The van der Waals surface area contributed by atoms with Gasteiger partial charge in [-0.25, -0.2) is 15.0 Å². The summed E-state index contributed by atoms with van der Waals surface area (Å²) in [6.07, 6.45) is 8.03. The van der Waals surface area contributed by atoms with E-state index in [-0.39, 0.29) is 0 Å². The van der Waals surface area contributed by atoms with Crippen molar-refractivity contribution in [3.05, 3.63) is 194 Å². The third kappa shape index (κ3) is 6.47. The first-order valence-electron chi connectivity index (χ1n) is 19.9. The van der Waals surface area contributed by atoms with Gasteiger partial charge in [0, 0.05) is 57.1 Å². The maximum absolute atomic E-state index is 4.99. The fraction of sp³-hybridized carbons (Fsp3) is 0.0755. The summed E-state index contributed by atoms with van der Waals surface area (Å²) in [5.74, 6) is 2.48. The van der Waals surface area contributed by atoms with Gasteiger partial charge in [-0.1, -0.05) is 165 Å². The van der Waals surface area contributed by atoms with Gasteiger partial charge in [0.2, 0.25) is 0 Å². The average molecular weight is 748 g/mol. The molecule has 2 aromatic heterocycles. The first-order valence-corrected chi connectivity index (χ1v) is 19.9. The molecular weight excluding hydrogens is 707 g/mol. The van der Waals surface area contributed by atoms with Gasteiger partial charge in [-0.3, -0.25) is 0 Å². The second kappa shape index (κ2) is 14.9. The van der Waals surface area contributed by atoms with Crippen molar-refractivity contribution in [3.63, 3.8) is 0 Å². The van der Waals surface area contributed by atoms with Crippen LogP contribution in [0.25, 0.3) is 83.9 Å². The fourth-order valence-corrected chi connectivity index (χ4v) is 8.19. The van der Waals surface area contributed by atoms with E-state index >= 15 is 0 Å². The van der Waals surface area contributed by atoms with Gasteiger partial charge in [-0.15, -0.1) is 0 Å². The molecular formula is C53H41N5. The molecule has 278 valence electrons. The molecule has 1 aliphatic rings. The maximum atomic E-state index is 4.99. The Morgan fingerprint density at radius 1 is 0.517 bits per heavy atom. The van der Waals surface area contributed by atoms with E-state index in [0.717, 1.165) is 45.6 Å². The van der Waals surface area contributed by atoms with Crippen LogP contribution in [-0.4, -0.2) is 26.6 Å². The van der Waals surface area contributed by atoms with Crippen molar-refractivity contribution < 1.29 is 0 Å². The topological polar surface area (TPSA) is 46.8 Å². The molecule has 5 nitrogen and oxygen atoms in total. The summed E-state index contributed by atoms with van der Waals surface area (Å²) >= 11 is 0. The Hall–Kier alpha value is -7.37. The quantitative estimate of drug-likeness (QED) is 0.155. The van der Waals surface area contributed by atoms with Crippen LogP contribution in [0.4, 0.5) is 11.4 Å². The van der Waals surface area contributed by atoms with Gasteiger partial charge in [0.15, 0.2) is 17.5 Å². The Morgan fingerprint density at radius 3 is 1.76 bits per heavy atom. The van der Waals surface area contributed by atoms with Gasteiger partial charge in [-0.2, -0.15) is 0 Å². The zero-order valence-electron chi connectivity index (χ0n) is 32.5. The third-order valence-corrected chi connectivity index (χ3v) is 11.2. The standard InChI is InChI=1S/C53H41N5/c1-36-27-33-42(34-28-36)58-48-25-12-10-22-46(48)50-45(23-14-26-49(50)58)38-31-29-37(30-32-38)44-21-9-11-24-47(44)57(2)43-20-13-19-41(35-43)53-55-51(39-15-5-3-6-16-39)54-52(56-53)40-17-7-4-8-18-40/h3-27,29-36H,28H2,1-2H3. The molecule has 0 radical (unpaired) electrons. The highest BCUT2D eigenvalue weighted by molar-refractivity contribution is 6.16. The molecule has 7 aromatic carbocycles. The minimum atomic E-state index is 0.560. The predicted octanol–water partition coefficient (Wildman–Crippen LogP) is 13.5. The summed E-state index contributed by atoms with van der Waals surface area (Å²) in [7, 11) is 2.12. The number of rotatable bonds is 8. The lowest BCUT2D eigenvalue weighted by Crippen LogP contribution is -2.11. The lowest BCUT2D eigenvalue weighted by Gasteiger charge is -2.23. The lowest BCUT2D eigenvalue weighted by atomic mass is 9.96. The van der Waals surface area contributed by atoms with Gasteiger partial charge < -0.3 is 9.47 Å². The van der Waals surface area contributed by atoms with Crippen molar-refractivity contribution in [3.8, 4) is 56.4 Å². The van der Waals surface area contributed by atoms with E-state index < -0.39 is 0 Å². The Balaban J connectivity index is 0.998. The fourth-order valence-electron chi connectivity index (χ4n) is 8.19. The van der Waals surface area contributed by atoms with E-state index in [1.807, 2.05) is 60.7 Å². The molecule has 10 rings (SSSR count). The molecule has 0 amide bonds. The van der Waals surface area contributed by atoms with Crippen LogP contribution in [-0.2, 0) is 0 Å². The summed E-state index contributed by atoms with van der Waals surface area (Å²) in [6.45, 7) is 2.27. The van der Waals surface area contributed by atoms with E-state index in [4.69, 9.17) is 15.0 Å². The third-order valence-electron chi connectivity index (χ3n) is 11.2. The number of anilines is 2. The number of nitrogens with zero attached hydrogens (tertiary/aromatic N) is 5. The second-order valence-electron chi connectivity index (χ2n) is 15.0. The Morgan fingerprint density at radius 2 is 1.07 bits per heavy atom. The van der Waals surface area contributed by atoms with Crippen molar-refractivity contribution in [1.29, 1.82) is 0 Å². The highest BCUT2D eigenvalue weighted by atomic mass is 15.1. The molecule has 1 aliphatic carbocycles. The number of para-hydroxylation sites is 2. The normalized spacial score (nSPS) is 13.8. The summed E-state index contributed by atoms with van der Waals surface area (Å²) in [6, 6.07) is 61.8. The van der Waals surface area contributed by atoms with Gasteiger partial charge in [0.25, 0.3) is 0 Å². The van der Waals surface area contributed by atoms with Crippen LogP contribution >= 0.6 is 0 Å². The molecule has 1 atom stereocenters. The van der Waals surface area contributed by atoms with Gasteiger partial charge in [-0.05, 0) is 65.4 Å². The van der Waals surface area contributed by atoms with Crippen LogP contribution in [0.5, 0.6) is 0 Å². The van der Waals surface area contributed by atoms with Gasteiger partial charge in [0.1, 0.15) is 0 Å². The van der Waals surface area contributed by atoms with E-state index in [0.29, 0.717) is 23.4 Å². The molecule has 0 spiro atoms. The SMILES string of the molecule is CC1C=CC(n2c3ccccc3c3c(-c4ccc(-c5ccccc5N(C)c5cccc(-c6nc(-c7ccccc7)nc(-c7ccccc7)n6)c5)cc4)cccc32)=CC1. The molecule has 0 saturated heterocycles. The molecule has 0 fully saturated rings. The van der Waals surface area contributed by atoms with Gasteiger partial charge >= 0.3 is 0 Å². The van der Waals surface area contributed by atoms with Crippen LogP contribution in [0.3, 0.4) is 0 Å². The van der Waals surface area contributed by atoms with E-state index in [9.17, 15) is 0 Å². The molecule has 0 aliphatic heterocycles. The second-order valence-corrected chi connectivity index (χ2v) is 15.0. The highest BCUT2D eigenvalue weighted by Crippen LogP contribution is 2.41. The molecule has 0 saturated carbocycles. The molecule has 5 heteroatoms. The van der Waals surface area contributed by atoms with Crippen LogP contribution in [0.1, 0.15) is 13.3 Å². The Kier molecular flexibility index (Phi) is 9.04. The number of benzene rings is 7. The average Bonchev–Trinajstić information content (AvgIpc) is 3.64. The zero-order valence-corrected chi connectivity index (χ0v) is 32.5. The number of hydrogen-bond acceptors (Lipinski definition) is 4. The summed E-state index contributed by atoms with van der Waals surface area (Å²) in [5.41, 5.74) is 13.4. The van der Waals surface area contributed by atoms with E-state index in [1.165, 1.54) is 38.6 Å².